The summed E-state index contributed by atoms with van der Waals surface area (Å²) in [6.45, 7) is 1.57. The molecule has 27 heavy (non-hydrogen) atoms. The number of fused-ring (bicyclic) bond motifs is 1. The van der Waals surface area contributed by atoms with Gasteiger partial charge in [-0.25, -0.2) is 0 Å². The van der Waals surface area contributed by atoms with Crippen LogP contribution in [0.1, 0.15) is 31.8 Å². The minimum Gasteiger partial charge on any atom is -0.472 e. The summed E-state index contributed by atoms with van der Waals surface area (Å²) < 4.78 is 4.93. The lowest BCUT2D eigenvalue weighted by Gasteiger charge is -2.31. The molecule has 2 amide bonds. The molecule has 0 radical (unpaired) electrons. The Morgan fingerprint density at radius 1 is 1.11 bits per heavy atom. The number of nitrogens with one attached hydrogen (secondary N) is 2. The van der Waals surface area contributed by atoms with E-state index >= 15 is 0 Å². The number of hydrogen-bond donors (Lipinski definition) is 2. The van der Waals surface area contributed by atoms with Gasteiger partial charge in [-0.1, -0.05) is 36.4 Å². The number of amides is 2. The third-order valence-electron chi connectivity index (χ3n) is 4.52. The monoisotopic (exact) mass is 361 g/mol. The van der Waals surface area contributed by atoms with Crippen molar-refractivity contribution in [1.29, 1.82) is 0 Å². The average Bonchev–Trinajstić information content (AvgIpc) is 3.24. The molecular weight excluding hydrogens is 342 g/mol. The molecular formula is C21H19N3O3. The quantitative estimate of drug-likeness (QED) is 0.733. The molecule has 0 bridgehead atoms. The summed E-state index contributed by atoms with van der Waals surface area (Å²) in [6.07, 6.45) is 2.90. The van der Waals surface area contributed by atoms with Crippen molar-refractivity contribution in [2.45, 2.75) is 13.1 Å². The molecule has 6 heteroatoms. The smallest absolute Gasteiger partial charge is 0.254 e. The maximum Gasteiger partial charge on any atom is 0.254 e. The Balaban J connectivity index is 1.45. The molecule has 2 heterocycles. The largest absolute Gasteiger partial charge is 0.472 e. The summed E-state index contributed by atoms with van der Waals surface area (Å²) in [4.78, 5) is 26.2. The fourth-order valence-electron chi connectivity index (χ4n) is 3.17. The van der Waals surface area contributed by atoms with Crippen LogP contribution in [0.5, 0.6) is 0 Å². The number of carbonyl (C=O) groups excluding carboxylic acids is 2. The van der Waals surface area contributed by atoms with Crippen molar-refractivity contribution >= 4 is 17.5 Å². The number of rotatable bonds is 5. The van der Waals surface area contributed by atoms with E-state index < -0.39 is 0 Å². The number of nitrogens with zero attached hydrogens (tertiary/aromatic N) is 1. The van der Waals surface area contributed by atoms with Gasteiger partial charge in [0.25, 0.3) is 11.8 Å². The second kappa shape index (κ2) is 7.37. The molecule has 136 valence electrons. The number of furan rings is 1. The molecule has 2 aromatic carbocycles. The zero-order valence-electron chi connectivity index (χ0n) is 14.6. The molecule has 1 aromatic heterocycles. The van der Waals surface area contributed by atoms with E-state index in [9.17, 15) is 9.59 Å². The van der Waals surface area contributed by atoms with E-state index in [4.69, 9.17) is 4.42 Å². The van der Waals surface area contributed by atoms with E-state index in [0.29, 0.717) is 30.9 Å². The van der Waals surface area contributed by atoms with Crippen molar-refractivity contribution in [3.63, 3.8) is 0 Å². The normalized spacial score (nSPS) is 13.0. The summed E-state index contributed by atoms with van der Waals surface area (Å²) in [5.74, 6) is -0.209. The van der Waals surface area contributed by atoms with Crippen molar-refractivity contribution in [2.24, 2.45) is 0 Å². The van der Waals surface area contributed by atoms with E-state index in [2.05, 4.69) is 21.6 Å². The van der Waals surface area contributed by atoms with Crippen molar-refractivity contribution in [3.8, 4) is 0 Å². The van der Waals surface area contributed by atoms with Gasteiger partial charge in [0.2, 0.25) is 0 Å². The molecule has 0 unspecified atom stereocenters. The molecule has 1 aliphatic heterocycles. The fourth-order valence-corrected chi connectivity index (χ4v) is 3.17. The molecule has 3 aromatic rings. The molecule has 0 saturated heterocycles. The second-order valence-corrected chi connectivity index (χ2v) is 6.39. The van der Waals surface area contributed by atoms with E-state index in [1.165, 1.54) is 12.5 Å². The lowest BCUT2D eigenvalue weighted by atomic mass is 10.1. The molecule has 2 N–H and O–H groups in total. The Morgan fingerprint density at radius 2 is 1.96 bits per heavy atom. The van der Waals surface area contributed by atoms with Crippen LogP contribution in [0.4, 0.5) is 5.69 Å². The predicted octanol–water partition coefficient (Wildman–Crippen LogP) is 2.92. The molecule has 6 nitrogen and oxygen atoms in total. The van der Waals surface area contributed by atoms with Gasteiger partial charge in [0.15, 0.2) is 0 Å². The summed E-state index contributed by atoms with van der Waals surface area (Å²) >= 11 is 0. The lowest BCUT2D eigenvalue weighted by molar-refractivity contribution is 0.0940. The highest BCUT2D eigenvalue weighted by Gasteiger charge is 2.21. The molecule has 1 aliphatic rings. The highest BCUT2D eigenvalue weighted by atomic mass is 16.3. The van der Waals surface area contributed by atoms with Crippen LogP contribution in [-0.2, 0) is 13.1 Å². The zero-order chi connectivity index (χ0) is 18.6. The second-order valence-electron chi connectivity index (χ2n) is 6.39. The molecule has 0 saturated carbocycles. The SMILES string of the molecule is O=C(NCc1cccc(CN2CNC(=O)c3ccccc32)c1)c1ccoc1. The van der Waals surface area contributed by atoms with Gasteiger partial charge in [-0.2, -0.15) is 0 Å². The maximum atomic E-state index is 12.0. The van der Waals surface area contributed by atoms with Gasteiger partial charge in [0.05, 0.1) is 29.7 Å². The van der Waals surface area contributed by atoms with Crippen LogP contribution in [-0.4, -0.2) is 18.5 Å². The summed E-state index contributed by atoms with van der Waals surface area (Å²) in [5.41, 5.74) is 4.24. The van der Waals surface area contributed by atoms with Gasteiger partial charge in [0, 0.05) is 13.1 Å². The molecule has 4 rings (SSSR count). The number of para-hydroxylation sites is 1. The molecule has 0 aliphatic carbocycles. The highest BCUT2D eigenvalue weighted by Crippen LogP contribution is 2.25. The van der Waals surface area contributed by atoms with Crippen LogP contribution < -0.4 is 15.5 Å². The van der Waals surface area contributed by atoms with Gasteiger partial charge < -0.3 is 20.0 Å². The lowest BCUT2D eigenvalue weighted by Crippen LogP contribution is -2.43. The number of benzene rings is 2. The van der Waals surface area contributed by atoms with E-state index in [-0.39, 0.29) is 11.8 Å². The van der Waals surface area contributed by atoms with Gasteiger partial charge in [0.1, 0.15) is 6.26 Å². The first kappa shape index (κ1) is 16.9. The fraction of sp³-hybridized carbons (Fsp3) is 0.143. The standard InChI is InChI=1S/C21H19N3O3/c25-20(17-8-9-27-13-17)22-11-15-4-3-5-16(10-15)12-24-14-23-21(26)18-6-1-2-7-19(18)24/h1-10,13H,11-12,14H2,(H,22,25)(H,23,26). The van der Waals surface area contributed by atoms with Crippen molar-refractivity contribution in [3.05, 3.63) is 89.4 Å². The molecule has 0 atom stereocenters. The van der Waals surface area contributed by atoms with Crippen molar-refractivity contribution in [1.82, 2.24) is 10.6 Å². The van der Waals surface area contributed by atoms with Gasteiger partial charge >= 0.3 is 0 Å². The van der Waals surface area contributed by atoms with Crippen molar-refractivity contribution in [2.75, 3.05) is 11.6 Å². The number of hydrogen-bond acceptors (Lipinski definition) is 4. The van der Waals surface area contributed by atoms with Crippen LogP contribution in [0.2, 0.25) is 0 Å². The Hall–Kier alpha value is -3.54. The average molecular weight is 361 g/mol. The summed E-state index contributed by atoms with van der Waals surface area (Å²) in [7, 11) is 0. The molecule has 0 spiro atoms. The zero-order valence-corrected chi connectivity index (χ0v) is 14.6. The van der Waals surface area contributed by atoms with Gasteiger partial charge in [-0.05, 0) is 29.3 Å². The number of anilines is 1. The summed E-state index contributed by atoms with van der Waals surface area (Å²) in [5, 5.41) is 5.78. The van der Waals surface area contributed by atoms with Crippen molar-refractivity contribution < 1.29 is 14.0 Å². The van der Waals surface area contributed by atoms with Crippen LogP contribution >= 0.6 is 0 Å². The van der Waals surface area contributed by atoms with E-state index in [0.717, 1.165) is 16.8 Å². The highest BCUT2D eigenvalue weighted by molar-refractivity contribution is 6.01. The first-order valence-electron chi connectivity index (χ1n) is 8.71. The topological polar surface area (TPSA) is 74.6 Å². The Kier molecular flexibility index (Phi) is 4.61. The maximum absolute atomic E-state index is 12.0. The number of carbonyl (C=O) groups is 2. The van der Waals surface area contributed by atoms with Crippen LogP contribution in [0.25, 0.3) is 0 Å². The third-order valence-corrected chi connectivity index (χ3v) is 4.52. The van der Waals surface area contributed by atoms with Crippen LogP contribution in [0, 0.1) is 0 Å². The Bertz CT molecular complexity index is 966. The van der Waals surface area contributed by atoms with Crippen LogP contribution in [0.3, 0.4) is 0 Å². The first-order valence-corrected chi connectivity index (χ1v) is 8.71. The Morgan fingerprint density at radius 3 is 2.81 bits per heavy atom. The van der Waals surface area contributed by atoms with Crippen LogP contribution in [0.15, 0.2) is 71.5 Å². The summed E-state index contributed by atoms with van der Waals surface area (Å²) in [6, 6.07) is 17.3. The minimum absolute atomic E-state index is 0.0439. The first-order chi connectivity index (χ1) is 13.2. The third kappa shape index (κ3) is 3.69. The predicted molar refractivity (Wildman–Crippen MR) is 101 cm³/mol. The minimum atomic E-state index is -0.165. The Labute approximate surface area is 156 Å². The van der Waals surface area contributed by atoms with Gasteiger partial charge in [-0.15, -0.1) is 0 Å². The van der Waals surface area contributed by atoms with Gasteiger partial charge in [-0.3, -0.25) is 9.59 Å². The van der Waals surface area contributed by atoms with E-state index in [1.54, 1.807) is 6.07 Å². The van der Waals surface area contributed by atoms with E-state index in [1.807, 2.05) is 42.5 Å². The molecule has 0 fully saturated rings.